The second-order valence-electron chi connectivity index (χ2n) is 4.67. The zero-order valence-electron chi connectivity index (χ0n) is 10.9. The SMILES string of the molecule is COc1ccccc1C(=O)NC1CCCNC1C. The molecule has 2 atom stereocenters. The lowest BCUT2D eigenvalue weighted by Crippen LogP contribution is -2.51. The Kier molecular flexibility index (Phi) is 4.20. The molecule has 0 radical (unpaired) electrons. The van der Waals surface area contributed by atoms with Gasteiger partial charge in [0.15, 0.2) is 0 Å². The average molecular weight is 248 g/mol. The highest BCUT2D eigenvalue weighted by Crippen LogP contribution is 2.18. The number of amides is 1. The molecular weight excluding hydrogens is 228 g/mol. The van der Waals surface area contributed by atoms with Crippen molar-refractivity contribution in [2.45, 2.75) is 31.8 Å². The maximum absolute atomic E-state index is 12.2. The van der Waals surface area contributed by atoms with Crippen LogP contribution < -0.4 is 15.4 Å². The van der Waals surface area contributed by atoms with Crippen molar-refractivity contribution in [3.8, 4) is 5.75 Å². The Morgan fingerprint density at radius 1 is 1.44 bits per heavy atom. The first-order valence-electron chi connectivity index (χ1n) is 6.39. The Morgan fingerprint density at radius 3 is 2.94 bits per heavy atom. The fraction of sp³-hybridized carbons (Fsp3) is 0.500. The standard InChI is InChI=1S/C14H20N2O2/c1-10-12(7-5-9-15-10)16-14(17)11-6-3-4-8-13(11)18-2/h3-4,6,8,10,12,15H,5,7,9H2,1-2H3,(H,16,17). The Balaban J connectivity index is 2.07. The van der Waals surface area contributed by atoms with Crippen molar-refractivity contribution < 1.29 is 9.53 Å². The van der Waals surface area contributed by atoms with E-state index in [9.17, 15) is 4.79 Å². The summed E-state index contributed by atoms with van der Waals surface area (Å²) in [6.45, 7) is 3.13. The highest BCUT2D eigenvalue weighted by molar-refractivity contribution is 5.97. The number of nitrogens with one attached hydrogen (secondary N) is 2. The van der Waals surface area contributed by atoms with Gasteiger partial charge < -0.3 is 15.4 Å². The predicted octanol–water partition coefficient (Wildman–Crippen LogP) is 1.57. The largest absolute Gasteiger partial charge is 0.496 e. The molecule has 1 heterocycles. The van der Waals surface area contributed by atoms with E-state index >= 15 is 0 Å². The van der Waals surface area contributed by atoms with Crippen molar-refractivity contribution >= 4 is 5.91 Å². The van der Waals surface area contributed by atoms with Crippen LogP contribution in [0.3, 0.4) is 0 Å². The van der Waals surface area contributed by atoms with E-state index in [4.69, 9.17) is 4.74 Å². The van der Waals surface area contributed by atoms with Crippen LogP contribution in [0.4, 0.5) is 0 Å². The summed E-state index contributed by atoms with van der Waals surface area (Å²) in [4.78, 5) is 12.2. The number of rotatable bonds is 3. The molecule has 1 saturated heterocycles. The third-order valence-electron chi connectivity index (χ3n) is 3.43. The molecule has 0 aromatic heterocycles. The lowest BCUT2D eigenvalue weighted by Gasteiger charge is -2.30. The van der Waals surface area contributed by atoms with Crippen LogP contribution in [-0.4, -0.2) is 31.6 Å². The summed E-state index contributed by atoms with van der Waals surface area (Å²) in [5.41, 5.74) is 0.595. The van der Waals surface area contributed by atoms with E-state index in [-0.39, 0.29) is 11.9 Å². The molecule has 98 valence electrons. The van der Waals surface area contributed by atoms with Gasteiger partial charge in [-0.2, -0.15) is 0 Å². The molecule has 2 rings (SSSR count). The van der Waals surface area contributed by atoms with Crippen molar-refractivity contribution in [2.24, 2.45) is 0 Å². The lowest BCUT2D eigenvalue weighted by molar-refractivity contribution is 0.0917. The Labute approximate surface area is 108 Å². The highest BCUT2D eigenvalue weighted by Gasteiger charge is 2.23. The number of hydrogen-bond acceptors (Lipinski definition) is 3. The summed E-state index contributed by atoms with van der Waals surface area (Å²) in [6, 6.07) is 7.81. The van der Waals surface area contributed by atoms with Gasteiger partial charge in [-0.3, -0.25) is 4.79 Å². The van der Waals surface area contributed by atoms with E-state index in [1.807, 2.05) is 12.1 Å². The number of carbonyl (C=O) groups excluding carboxylic acids is 1. The predicted molar refractivity (Wildman–Crippen MR) is 70.9 cm³/mol. The van der Waals surface area contributed by atoms with E-state index in [1.165, 1.54) is 0 Å². The fourth-order valence-corrected chi connectivity index (χ4v) is 2.32. The third kappa shape index (κ3) is 2.82. The topological polar surface area (TPSA) is 50.4 Å². The van der Waals surface area contributed by atoms with Crippen LogP contribution in [0.15, 0.2) is 24.3 Å². The number of para-hydroxylation sites is 1. The number of piperidine rings is 1. The number of hydrogen-bond donors (Lipinski definition) is 2. The van der Waals surface area contributed by atoms with Crippen molar-refractivity contribution in [3.05, 3.63) is 29.8 Å². The monoisotopic (exact) mass is 248 g/mol. The minimum Gasteiger partial charge on any atom is -0.496 e. The van der Waals surface area contributed by atoms with Crippen LogP contribution in [0, 0.1) is 0 Å². The van der Waals surface area contributed by atoms with Crippen LogP contribution in [0.25, 0.3) is 0 Å². The van der Waals surface area contributed by atoms with E-state index < -0.39 is 0 Å². The minimum absolute atomic E-state index is 0.0620. The quantitative estimate of drug-likeness (QED) is 0.853. The van der Waals surface area contributed by atoms with E-state index in [2.05, 4.69) is 17.6 Å². The van der Waals surface area contributed by atoms with Crippen molar-refractivity contribution in [1.82, 2.24) is 10.6 Å². The normalized spacial score (nSPS) is 23.4. The zero-order valence-corrected chi connectivity index (χ0v) is 10.9. The fourth-order valence-electron chi connectivity index (χ4n) is 2.32. The van der Waals surface area contributed by atoms with Gasteiger partial charge in [0.05, 0.1) is 12.7 Å². The molecule has 1 aliphatic rings. The molecule has 0 spiro atoms. The number of methoxy groups -OCH3 is 1. The summed E-state index contributed by atoms with van der Waals surface area (Å²) >= 11 is 0. The second kappa shape index (κ2) is 5.87. The summed E-state index contributed by atoms with van der Waals surface area (Å²) in [5, 5.41) is 6.45. The molecule has 2 unspecified atom stereocenters. The summed E-state index contributed by atoms with van der Waals surface area (Å²) in [6.07, 6.45) is 2.12. The van der Waals surface area contributed by atoms with Gasteiger partial charge in [0.1, 0.15) is 5.75 Å². The first kappa shape index (κ1) is 12.9. The molecule has 0 saturated carbocycles. The number of benzene rings is 1. The molecule has 1 fully saturated rings. The molecule has 2 N–H and O–H groups in total. The van der Waals surface area contributed by atoms with Gasteiger partial charge in [0, 0.05) is 12.1 Å². The molecule has 1 amide bonds. The molecule has 0 bridgehead atoms. The van der Waals surface area contributed by atoms with Crippen molar-refractivity contribution in [3.63, 3.8) is 0 Å². The van der Waals surface area contributed by atoms with Crippen molar-refractivity contribution in [2.75, 3.05) is 13.7 Å². The van der Waals surface area contributed by atoms with Crippen LogP contribution in [0.1, 0.15) is 30.1 Å². The molecular formula is C14H20N2O2. The van der Waals surface area contributed by atoms with Crippen LogP contribution in [-0.2, 0) is 0 Å². The van der Waals surface area contributed by atoms with Gasteiger partial charge in [-0.15, -0.1) is 0 Å². The van der Waals surface area contributed by atoms with Crippen molar-refractivity contribution in [1.29, 1.82) is 0 Å². The third-order valence-corrected chi connectivity index (χ3v) is 3.43. The van der Waals surface area contributed by atoms with E-state index in [1.54, 1.807) is 19.2 Å². The molecule has 18 heavy (non-hydrogen) atoms. The zero-order chi connectivity index (χ0) is 13.0. The van der Waals surface area contributed by atoms with Gasteiger partial charge in [0.25, 0.3) is 5.91 Å². The van der Waals surface area contributed by atoms with Gasteiger partial charge >= 0.3 is 0 Å². The summed E-state index contributed by atoms with van der Waals surface area (Å²) in [7, 11) is 1.58. The molecule has 4 nitrogen and oxygen atoms in total. The minimum atomic E-state index is -0.0620. The molecule has 0 aliphatic carbocycles. The molecule has 1 aromatic carbocycles. The lowest BCUT2D eigenvalue weighted by atomic mass is 9.99. The maximum Gasteiger partial charge on any atom is 0.255 e. The Bertz CT molecular complexity index is 420. The van der Waals surface area contributed by atoms with Gasteiger partial charge in [0.2, 0.25) is 0 Å². The second-order valence-corrected chi connectivity index (χ2v) is 4.67. The Morgan fingerprint density at radius 2 is 2.22 bits per heavy atom. The Hall–Kier alpha value is -1.55. The maximum atomic E-state index is 12.2. The number of ether oxygens (including phenoxy) is 1. The molecule has 4 heteroatoms. The first-order valence-corrected chi connectivity index (χ1v) is 6.39. The summed E-state index contributed by atoms with van der Waals surface area (Å²) < 4.78 is 5.21. The van der Waals surface area contributed by atoms with E-state index in [0.29, 0.717) is 17.4 Å². The highest BCUT2D eigenvalue weighted by atomic mass is 16.5. The summed E-state index contributed by atoms with van der Waals surface area (Å²) in [5.74, 6) is 0.555. The first-order chi connectivity index (χ1) is 8.72. The van der Waals surface area contributed by atoms with Gasteiger partial charge in [-0.25, -0.2) is 0 Å². The van der Waals surface area contributed by atoms with Gasteiger partial charge in [-0.05, 0) is 38.4 Å². The van der Waals surface area contributed by atoms with Crippen LogP contribution >= 0.6 is 0 Å². The van der Waals surface area contributed by atoms with E-state index in [0.717, 1.165) is 19.4 Å². The van der Waals surface area contributed by atoms with Crippen LogP contribution in [0.2, 0.25) is 0 Å². The average Bonchev–Trinajstić information content (AvgIpc) is 2.41. The molecule has 1 aromatic rings. The van der Waals surface area contributed by atoms with Crippen LogP contribution in [0.5, 0.6) is 5.75 Å². The molecule has 1 aliphatic heterocycles. The smallest absolute Gasteiger partial charge is 0.255 e. The number of carbonyl (C=O) groups is 1. The van der Waals surface area contributed by atoms with Gasteiger partial charge in [-0.1, -0.05) is 12.1 Å².